The van der Waals surface area contributed by atoms with Crippen molar-refractivity contribution >= 4 is 27.5 Å². The first-order valence-electron chi connectivity index (χ1n) is 9.80. The highest BCUT2D eigenvalue weighted by Crippen LogP contribution is 2.20. The lowest BCUT2D eigenvalue weighted by atomic mass is 10.1. The number of nitrogens with one attached hydrogen (secondary N) is 1. The Bertz CT molecular complexity index is 897. The molecule has 1 N–H and O–H groups in total. The van der Waals surface area contributed by atoms with Crippen LogP contribution in [0.25, 0.3) is 10.2 Å². The van der Waals surface area contributed by atoms with Gasteiger partial charge in [-0.25, -0.2) is 4.98 Å². The molecule has 5 nitrogen and oxygen atoms in total. The summed E-state index contributed by atoms with van der Waals surface area (Å²) in [4.78, 5) is 20.8. The average molecular weight is 397 g/mol. The van der Waals surface area contributed by atoms with E-state index in [1.54, 1.807) is 18.4 Å². The molecule has 1 aromatic heterocycles. The van der Waals surface area contributed by atoms with Crippen molar-refractivity contribution in [1.82, 2.24) is 9.88 Å². The molecule has 1 saturated heterocycles. The highest BCUT2D eigenvalue weighted by atomic mass is 32.1. The van der Waals surface area contributed by atoms with Crippen LogP contribution >= 0.6 is 11.3 Å². The Kier molecular flexibility index (Phi) is 5.88. The van der Waals surface area contributed by atoms with Gasteiger partial charge in [0.1, 0.15) is 17.3 Å². The minimum atomic E-state index is 0.259. The number of piperazine rings is 1. The molecule has 2 heterocycles. The van der Waals surface area contributed by atoms with Crippen molar-refractivity contribution in [3.63, 3.8) is 0 Å². The van der Waals surface area contributed by atoms with Gasteiger partial charge in [0, 0.05) is 6.42 Å². The van der Waals surface area contributed by atoms with Gasteiger partial charge in [-0.3, -0.25) is 4.79 Å². The van der Waals surface area contributed by atoms with Gasteiger partial charge in [-0.05, 0) is 36.2 Å². The van der Waals surface area contributed by atoms with Crippen molar-refractivity contribution in [2.24, 2.45) is 0 Å². The molecule has 0 radical (unpaired) electrons. The number of benzene rings is 2. The number of carbonyl (C=O) groups is 1. The summed E-state index contributed by atoms with van der Waals surface area (Å²) in [6, 6.07) is 16.3. The van der Waals surface area contributed by atoms with Crippen molar-refractivity contribution in [2.45, 2.75) is 19.4 Å². The van der Waals surface area contributed by atoms with Crippen LogP contribution in [0.4, 0.5) is 0 Å². The lowest BCUT2D eigenvalue weighted by Crippen LogP contribution is -3.13. The van der Waals surface area contributed by atoms with E-state index in [-0.39, 0.29) is 5.91 Å². The summed E-state index contributed by atoms with van der Waals surface area (Å²) >= 11 is 1.78. The van der Waals surface area contributed by atoms with Gasteiger partial charge in [0.15, 0.2) is 0 Å². The van der Waals surface area contributed by atoms with Gasteiger partial charge in [0.2, 0.25) is 5.91 Å². The molecule has 1 fully saturated rings. The number of carbonyl (C=O) groups excluding carboxylic acids is 1. The first-order chi connectivity index (χ1) is 13.7. The molecule has 6 heteroatoms. The van der Waals surface area contributed by atoms with Crippen molar-refractivity contribution in [1.29, 1.82) is 0 Å². The normalized spacial score (nSPS) is 15.1. The van der Waals surface area contributed by atoms with Crippen molar-refractivity contribution in [2.75, 3.05) is 33.3 Å². The summed E-state index contributed by atoms with van der Waals surface area (Å²) in [6.45, 7) is 4.60. The van der Waals surface area contributed by atoms with E-state index in [2.05, 4.69) is 18.2 Å². The number of amides is 1. The third-order valence-corrected chi connectivity index (χ3v) is 6.39. The summed E-state index contributed by atoms with van der Waals surface area (Å²) in [5, 5.41) is 1.19. The number of nitrogens with zero attached hydrogens (tertiary/aromatic N) is 2. The molecule has 0 spiro atoms. The standard InChI is InChI=1S/C22H25N3O2S/c1-27-18-9-6-17(7-10-18)8-11-22(26)25-14-12-24(13-15-25)16-21-23-19-4-2-3-5-20(19)28-21/h2-7,9-10H,8,11-16H2,1H3/p+1. The topological polar surface area (TPSA) is 46.9 Å². The molecule has 2 aromatic carbocycles. The second-order valence-electron chi connectivity index (χ2n) is 7.23. The summed E-state index contributed by atoms with van der Waals surface area (Å²) in [5.74, 6) is 1.11. The fourth-order valence-corrected chi connectivity index (χ4v) is 4.70. The Morgan fingerprint density at radius 1 is 1.14 bits per heavy atom. The molecule has 0 aliphatic carbocycles. The molecule has 1 aliphatic heterocycles. The number of aryl methyl sites for hydroxylation is 1. The van der Waals surface area contributed by atoms with Crippen molar-refractivity contribution < 1.29 is 14.4 Å². The molecule has 28 heavy (non-hydrogen) atoms. The van der Waals surface area contributed by atoms with Crippen LogP contribution in [0.2, 0.25) is 0 Å². The first kappa shape index (κ1) is 18.9. The third kappa shape index (κ3) is 4.51. The lowest BCUT2D eigenvalue weighted by Gasteiger charge is -2.32. The van der Waals surface area contributed by atoms with Crippen LogP contribution in [0.5, 0.6) is 5.75 Å². The minimum absolute atomic E-state index is 0.259. The molecule has 0 bridgehead atoms. The van der Waals surface area contributed by atoms with Gasteiger partial charge in [0.25, 0.3) is 0 Å². The molecular weight excluding hydrogens is 370 g/mol. The monoisotopic (exact) mass is 396 g/mol. The second-order valence-corrected chi connectivity index (χ2v) is 8.35. The van der Waals surface area contributed by atoms with Gasteiger partial charge in [-0.2, -0.15) is 0 Å². The lowest BCUT2D eigenvalue weighted by molar-refractivity contribution is -0.917. The number of thiazole rings is 1. The van der Waals surface area contributed by atoms with E-state index in [9.17, 15) is 4.79 Å². The predicted octanol–water partition coefficient (Wildman–Crippen LogP) is 2.16. The van der Waals surface area contributed by atoms with Crippen LogP contribution in [-0.4, -0.2) is 49.1 Å². The van der Waals surface area contributed by atoms with Crippen LogP contribution in [0.1, 0.15) is 17.0 Å². The maximum atomic E-state index is 12.6. The molecule has 146 valence electrons. The van der Waals surface area contributed by atoms with E-state index >= 15 is 0 Å². The number of aromatic nitrogens is 1. The Morgan fingerprint density at radius 2 is 1.89 bits per heavy atom. The van der Waals surface area contributed by atoms with Crippen LogP contribution in [0, 0.1) is 0 Å². The van der Waals surface area contributed by atoms with E-state index < -0.39 is 0 Å². The largest absolute Gasteiger partial charge is 0.497 e. The maximum absolute atomic E-state index is 12.6. The average Bonchev–Trinajstić information content (AvgIpc) is 3.15. The molecule has 1 aliphatic rings. The molecule has 3 aromatic rings. The summed E-state index contributed by atoms with van der Waals surface area (Å²) in [7, 11) is 1.66. The summed E-state index contributed by atoms with van der Waals surface area (Å²) in [6.07, 6.45) is 1.35. The zero-order valence-electron chi connectivity index (χ0n) is 16.2. The first-order valence-corrected chi connectivity index (χ1v) is 10.6. The fourth-order valence-electron chi connectivity index (χ4n) is 3.66. The van der Waals surface area contributed by atoms with Crippen LogP contribution in [0.3, 0.4) is 0 Å². The molecule has 4 rings (SSSR count). The number of quaternary nitrogens is 1. The van der Waals surface area contributed by atoms with Crippen molar-refractivity contribution in [3.8, 4) is 5.75 Å². The quantitative estimate of drug-likeness (QED) is 0.695. The van der Waals surface area contributed by atoms with E-state index in [1.165, 1.54) is 20.2 Å². The minimum Gasteiger partial charge on any atom is -0.497 e. The molecule has 0 saturated carbocycles. The van der Waals surface area contributed by atoms with Gasteiger partial charge in [-0.1, -0.05) is 24.3 Å². The Balaban J connectivity index is 1.24. The number of methoxy groups -OCH3 is 1. The number of ether oxygens (including phenoxy) is 1. The number of rotatable bonds is 6. The zero-order chi connectivity index (χ0) is 19.3. The van der Waals surface area contributed by atoms with Crippen LogP contribution < -0.4 is 9.64 Å². The summed E-state index contributed by atoms with van der Waals surface area (Å²) in [5.41, 5.74) is 2.27. The number of para-hydroxylation sites is 1. The smallest absolute Gasteiger partial charge is 0.223 e. The van der Waals surface area contributed by atoms with Crippen LogP contribution in [-0.2, 0) is 17.8 Å². The van der Waals surface area contributed by atoms with E-state index in [4.69, 9.17) is 9.72 Å². The fraction of sp³-hybridized carbons (Fsp3) is 0.364. The molecular formula is C22H26N3O2S+. The molecule has 1 amide bonds. The number of hydrogen-bond acceptors (Lipinski definition) is 4. The third-order valence-electron chi connectivity index (χ3n) is 5.35. The number of hydrogen-bond donors (Lipinski definition) is 1. The van der Waals surface area contributed by atoms with E-state index in [1.807, 2.05) is 35.2 Å². The van der Waals surface area contributed by atoms with Gasteiger partial charge in [0.05, 0.1) is 43.5 Å². The second kappa shape index (κ2) is 8.71. The molecule has 0 atom stereocenters. The van der Waals surface area contributed by atoms with Gasteiger partial charge in [-0.15, -0.1) is 11.3 Å². The Labute approximate surface area is 169 Å². The number of fused-ring (bicyclic) bond motifs is 1. The Hall–Kier alpha value is -2.44. The highest BCUT2D eigenvalue weighted by Gasteiger charge is 2.24. The SMILES string of the molecule is COc1ccc(CCC(=O)N2CC[NH+](Cc3nc4ccccc4s3)CC2)cc1. The predicted molar refractivity (Wildman–Crippen MR) is 112 cm³/mol. The van der Waals surface area contributed by atoms with Gasteiger partial charge >= 0.3 is 0 Å². The Morgan fingerprint density at radius 3 is 2.61 bits per heavy atom. The van der Waals surface area contributed by atoms with Crippen LogP contribution in [0.15, 0.2) is 48.5 Å². The maximum Gasteiger partial charge on any atom is 0.223 e. The van der Waals surface area contributed by atoms with Gasteiger partial charge < -0.3 is 14.5 Å². The zero-order valence-corrected chi connectivity index (χ0v) is 17.0. The highest BCUT2D eigenvalue weighted by molar-refractivity contribution is 7.18. The molecule has 0 unspecified atom stereocenters. The summed E-state index contributed by atoms with van der Waals surface area (Å²) < 4.78 is 6.43. The van der Waals surface area contributed by atoms with E-state index in [0.717, 1.165) is 50.4 Å². The van der Waals surface area contributed by atoms with Crippen molar-refractivity contribution in [3.05, 3.63) is 59.1 Å². The van der Waals surface area contributed by atoms with E-state index in [0.29, 0.717) is 6.42 Å².